The Balaban J connectivity index is 1.88. The number of halogens is 1. The third-order valence-electron chi connectivity index (χ3n) is 4.18. The lowest BCUT2D eigenvalue weighted by atomic mass is 10.2. The van der Waals surface area contributed by atoms with Crippen molar-refractivity contribution in [2.45, 2.75) is 32.5 Å². The normalized spacial score (nSPS) is 12.7. The fourth-order valence-corrected chi connectivity index (χ4v) is 4.04. The minimum atomic E-state index is -0.693. The van der Waals surface area contributed by atoms with Gasteiger partial charge in [0.2, 0.25) is 5.91 Å². The quantitative estimate of drug-likeness (QED) is 0.799. The van der Waals surface area contributed by atoms with Crippen LogP contribution >= 0.6 is 22.9 Å². The third kappa shape index (κ3) is 3.25. The summed E-state index contributed by atoms with van der Waals surface area (Å²) in [6.07, 6.45) is 1.24. The number of fused-ring (bicyclic) bond motifs is 1. The van der Waals surface area contributed by atoms with Gasteiger partial charge in [-0.15, -0.1) is 11.3 Å². The van der Waals surface area contributed by atoms with E-state index in [9.17, 15) is 19.6 Å². The summed E-state index contributed by atoms with van der Waals surface area (Å²) in [4.78, 5) is 39.7. The van der Waals surface area contributed by atoms with Crippen molar-refractivity contribution in [1.82, 2.24) is 14.0 Å². The Morgan fingerprint density at radius 2 is 2.20 bits per heavy atom. The van der Waals surface area contributed by atoms with Gasteiger partial charge in [-0.2, -0.15) is 5.26 Å². The second-order valence-electron chi connectivity index (χ2n) is 5.82. The van der Waals surface area contributed by atoms with E-state index in [4.69, 9.17) is 11.6 Å². The van der Waals surface area contributed by atoms with Crippen molar-refractivity contribution in [2.24, 2.45) is 0 Å². The molecule has 3 rings (SSSR count). The number of thiophene rings is 1. The first-order chi connectivity index (χ1) is 11.9. The van der Waals surface area contributed by atoms with Crippen molar-refractivity contribution in [3.63, 3.8) is 0 Å². The van der Waals surface area contributed by atoms with Gasteiger partial charge < -0.3 is 4.90 Å². The lowest BCUT2D eigenvalue weighted by Gasteiger charge is -2.17. The van der Waals surface area contributed by atoms with Crippen LogP contribution in [0.15, 0.2) is 21.7 Å². The molecule has 0 saturated carbocycles. The molecule has 0 N–H and O–H groups in total. The molecule has 0 fully saturated rings. The Morgan fingerprint density at radius 3 is 2.84 bits per heavy atom. The lowest BCUT2D eigenvalue weighted by Crippen LogP contribution is -2.45. The molecule has 1 amide bonds. The molecular weight excluding hydrogens is 364 g/mol. The molecule has 25 heavy (non-hydrogen) atoms. The Bertz CT molecular complexity index is 998. The molecule has 0 radical (unpaired) electrons. The molecule has 2 aromatic heterocycles. The van der Waals surface area contributed by atoms with Gasteiger partial charge in [-0.3, -0.25) is 14.2 Å². The van der Waals surface area contributed by atoms with E-state index >= 15 is 0 Å². The van der Waals surface area contributed by atoms with Crippen molar-refractivity contribution >= 4 is 28.8 Å². The average Bonchev–Trinajstić information content (AvgIpc) is 3.21. The zero-order valence-electron chi connectivity index (χ0n) is 13.5. The molecule has 0 aliphatic carbocycles. The number of rotatable bonds is 4. The summed E-state index contributed by atoms with van der Waals surface area (Å²) >= 11 is 7.24. The molecule has 2 aromatic rings. The standard InChI is InChI=1S/C16H15ClN4O3S/c1-19(8-10-4-5-13(17)25-10)14(22)9-21-15(23)11(7-18)12-3-2-6-20(12)16(21)24/h4-5H,2-3,6,8-9H2,1H3. The molecule has 0 saturated heterocycles. The highest BCUT2D eigenvalue weighted by Gasteiger charge is 2.24. The molecule has 0 unspecified atom stereocenters. The fourth-order valence-electron chi connectivity index (χ4n) is 2.90. The van der Waals surface area contributed by atoms with Gasteiger partial charge in [0, 0.05) is 24.2 Å². The van der Waals surface area contributed by atoms with Gasteiger partial charge in [0.1, 0.15) is 18.2 Å². The van der Waals surface area contributed by atoms with Crippen molar-refractivity contribution in [2.75, 3.05) is 7.05 Å². The first-order valence-corrected chi connectivity index (χ1v) is 8.86. The van der Waals surface area contributed by atoms with Crippen LogP contribution < -0.4 is 11.2 Å². The second-order valence-corrected chi connectivity index (χ2v) is 7.62. The van der Waals surface area contributed by atoms with E-state index in [1.807, 2.05) is 12.1 Å². The first kappa shape index (κ1) is 17.5. The molecule has 0 spiro atoms. The van der Waals surface area contributed by atoms with Crippen molar-refractivity contribution in [3.8, 4) is 6.07 Å². The van der Waals surface area contributed by atoms with Crippen LogP contribution in [-0.2, 0) is 30.8 Å². The van der Waals surface area contributed by atoms with E-state index in [0.29, 0.717) is 36.0 Å². The molecule has 0 atom stereocenters. The minimum absolute atomic E-state index is 0.0439. The maximum atomic E-state index is 12.5. The van der Waals surface area contributed by atoms with Gasteiger partial charge in [0.05, 0.1) is 10.9 Å². The second kappa shape index (κ2) is 6.86. The highest BCUT2D eigenvalue weighted by atomic mass is 35.5. The Hall–Kier alpha value is -2.37. The van der Waals surface area contributed by atoms with E-state index in [1.54, 1.807) is 13.1 Å². The maximum absolute atomic E-state index is 12.5. The Labute approximate surface area is 152 Å². The van der Waals surface area contributed by atoms with Crippen LogP contribution in [0.5, 0.6) is 0 Å². The molecule has 0 bridgehead atoms. The molecule has 7 nitrogen and oxygen atoms in total. The smallest absolute Gasteiger partial charge is 0.331 e. The number of hydrogen-bond acceptors (Lipinski definition) is 5. The fraction of sp³-hybridized carbons (Fsp3) is 0.375. The predicted molar refractivity (Wildman–Crippen MR) is 93.8 cm³/mol. The van der Waals surface area contributed by atoms with Crippen molar-refractivity contribution in [3.05, 3.63) is 53.4 Å². The van der Waals surface area contributed by atoms with Crippen molar-refractivity contribution in [1.29, 1.82) is 5.26 Å². The van der Waals surface area contributed by atoms with Crippen LogP contribution in [0.3, 0.4) is 0 Å². The summed E-state index contributed by atoms with van der Waals surface area (Å²) in [7, 11) is 1.59. The van der Waals surface area contributed by atoms with E-state index in [1.165, 1.54) is 20.8 Å². The molecule has 130 valence electrons. The van der Waals surface area contributed by atoms with Gasteiger partial charge in [-0.05, 0) is 25.0 Å². The lowest BCUT2D eigenvalue weighted by molar-refractivity contribution is -0.131. The van der Waals surface area contributed by atoms with E-state index in [2.05, 4.69) is 0 Å². The van der Waals surface area contributed by atoms with Crippen LogP contribution in [0.25, 0.3) is 0 Å². The SMILES string of the molecule is CN(Cc1ccc(Cl)s1)C(=O)Cn1c(=O)c(C#N)c2n(c1=O)CCC2. The first-order valence-electron chi connectivity index (χ1n) is 7.67. The number of carbonyl (C=O) groups is 1. The molecular formula is C16H15ClN4O3S. The highest BCUT2D eigenvalue weighted by molar-refractivity contribution is 7.16. The summed E-state index contributed by atoms with van der Waals surface area (Å²) in [5, 5.41) is 9.25. The van der Waals surface area contributed by atoms with Gasteiger partial charge in [-0.25, -0.2) is 9.36 Å². The van der Waals surface area contributed by atoms with Crippen LogP contribution in [0.2, 0.25) is 4.34 Å². The number of aromatic nitrogens is 2. The van der Waals surface area contributed by atoms with Crippen molar-refractivity contribution < 1.29 is 4.79 Å². The monoisotopic (exact) mass is 378 g/mol. The Kier molecular flexibility index (Phi) is 4.79. The van der Waals surface area contributed by atoms with Crippen LogP contribution in [0.1, 0.15) is 22.6 Å². The number of nitrogens with zero attached hydrogens (tertiary/aromatic N) is 4. The summed E-state index contributed by atoms with van der Waals surface area (Å²) in [5.41, 5.74) is -0.792. The summed E-state index contributed by atoms with van der Waals surface area (Å²) in [6, 6.07) is 5.44. The largest absolute Gasteiger partial charge is 0.339 e. The Morgan fingerprint density at radius 1 is 1.44 bits per heavy atom. The van der Waals surface area contributed by atoms with Gasteiger partial charge in [-0.1, -0.05) is 11.6 Å². The van der Waals surface area contributed by atoms with E-state index < -0.39 is 11.2 Å². The van der Waals surface area contributed by atoms with Crippen LogP contribution in [-0.4, -0.2) is 27.0 Å². The number of carbonyl (C=O) groups excluding carboxylic acids is 1. The number of nitriles is 1. The van der Waals surface area contributed by atoms with Gasteiger partial charge >= 0.3 is 5.69 Å². The van der Waals surface area contributed by atoms with E-state index in [0.717, 1.165) is 9.44 Å². The molecule has 1 aliphatic heterocycles. The predicted octanol–water partition coefficient (Wildman–Crippen LogP) is 1.20. The number of amides is 1. The highest BCUT2D eigenvalue weighted by Crippen LogP contribution is 2.22. The summed E-state index contributed by atoms with van der Waals surface area (Å²) in [6.45, 7) is 0.408. The van der Waals surface area contributed by atoms with Crippen LogP contribution in [0.4, 0.5) is 0 Å². The molecule has 1 aliphatic rings. The average molecular weight is 379 g/mol. The molecule has 0 aromatic carbocycles. The zero-order valence-corrected chi connectivity index (χ0v) is 15.1. The van der Waals surface area contributed by atoms with E-state index in [-0.39, 0.29) is 18.0 Å². The summed E-state index contributed by atoms with van der Waals surface area (Å²) < 4.78 is 2.91. The maximum Gasteiger partial charge on any atom is 0.331 e. The van der Waals surface area contributed by atoms with Crippen LogP contribution in [0, 0.1) is 11.3 Å². The number of likely N-dealkylation sites (N-methyl/N-ethyl adjacent to an activating group) is 1. The third-order valence-corrected chi connectivity index (χ3v) is 5.40. The summed E-state index contributed by atoms with van der Waals surface area (Å²) in [5.74, 6) is -0.383. The minimum Gasteiger partial charge on any atom is -0.339 e. The topological polar surface area (TPSA) is 88.1 Å². The molecule has 3 heterocycles. The van der Waals surface area contributed by atoms with Gasteiger partial charge in [0.15, 0.2) is 0 Å². The molecule has 9 heteroatoms. The number of hydrogen-bond donors (Lipinski definition) is 0. The zero-order chi connectivity index (χ0) is 18.1. The van der Waals surface area contributed by atoms with Gasteiger partial charge in [0.25, 0.3) is 5.56 Å².